The quantitative estimate of drug-likeness (QED) is 0.752. The van der Waals surface area contributed by atoms with Crippen LogP contribution in [-0.2, 0) is 17.8 Å². The molecule has 0 unspecified atom stereocenters. The van der Waals surface area contributed by atoms with Crippen LogP contribution in [0, 0.1) is 0 Å². The van der Waals surface area contributed by atoms with Crippen molar-refractivity contribution in [3.63, 3.8) is 0 Å². The van der Waals surface area contributed by atoms with Crippen molar-refractivity contribution in [2.45, 2.75) is 19.6 Å². The third kappa shape index (κ3) is 4.04. The number of amides is 1. The number of carbonyl (C=O) groups is 1. The van der Waals surface area contributed by atoms with Gasteiger partial charge >= 0.3 is 6.61 Å². The van der Waals surface area contributed by atoms with Gasteiger partial charge in [-0.15, -0.1) is 11.3 Å². The summed E-state index contributed by atoms with van der Waals surface area (Å²) in [4.78, 5) is 17.1. The maximum absolute atomic E-state index is 12.0. The molecular formula is C15H13F2N3O2S. The molecule has 0 fully saturated rings. The fourth-order valence-electron chi connectivity index (χ4n) is 2.08. The summed E-state index contributed by atoms with van der Waals surface area (Å²) >= 11 is 1.51. The minimum absolute atomic E-state index is 0.0909. The molecule has 0 radical (unpaired) electrons. The summed E-state index contributed by atoms with van der Waals surface area (Å²) in [7, 11) is 0. The summed E-state index contributed by atoms with van der Waals surface area (Å²) in [5, 5.41) is 4.69. The van der Waals surface area contributed by atoms with Gasteiger partial charge in [0.1, 0.15) is 5.75 Å². The lowest BCUT2D eigenvalue weighted by molar-refractivity contribution is -0.120. The Morgan fingerprint density at radius 1 is 1.35 bits per heavy atom. The molecule has 0 aliphatic rings. The molecule has 23 heavy (non-hydrogen) atoms. The Balaban J connectivity index is 1.51. The molecule has 0 aliphatic heterocycles. The standard InChI is InChI=1S/C15H13F2N3O2S/c16-14(17)22-12-3-1-10(2-4-12)8-18-13(21)7-11-9-20-5-6-23-15(20)19-11/h1-6,9,14H,7-8H2,(H,18,21). The molecule has 0 aliphatic carbocycles. The van der Waals surface area contributed by atoms with Gasteiger partial charge < -0.3 is 10.1 Å². The van der Waals surface area contributed by atoms with Gasteiger partial charge in [-0.1, -0.05) is 12.1 Å². The van der Waals surface area contributed by atoms with E-state index in [1.807, 2.05) is 22.2 Å². The molecule has 3 aromatic rings. The van der Waals surface area contributed by atoms with Crippen LogP contribution in [-0.4, -0.2) is 21.9 Å². The van der Waals surface area contributed by atoms with Crippen molar-refractivity contribution in [2.75, 3.05) is 0 Å². The molecule has 1 amide bonds. The maximum atomic E-state index is 12.0. The Labute approximate surface area is 134 Å². The number of hydrogen-bond donors (Lipinski definition) is 1. The molecule has 1 N–H and O–H groups in total. The number of halogens is 2. The monoisotopic (exact) mass is 337 g/mol. The Kier molecular flexibility index (Phi) is 4.52. The molecular weight excluding hydrogens is 324 g/mol. The first kappa shape index (κ1) is 15.4. The lowest BCUT2D eigenvalue weighted by Crippen LogP contribution is -2.24. The SMILES string of the molecule is O=C(Cc1cn2ccsc2n1)NCc1ccc(OC(F)F)cc1. The number of aromatic nitrogens is 2. The number of carbonyl (C=O) groups excluding carboxylic acids is 1. The van der Waals surface area contributed by atoms with E-state index in [1.165, 1.54) is 23.5 Å². The summed E-state index contributed by atoms with van der Waals surface area (Å²) in [6.45, 7) is -2.53. The zero-order valence-corrected chi connectivity index (χ0v) is 12.7. The fourth-order valence-corrected chi connectivity index (χ4v) is 2.80. The normalized spacial score (nSPS) is 11.1. The fraction of sp³-hybridized carbons (Fsp3) is 0.200. The average Bonchev–Trinajstić information content (AvgIpc) is 3.07. The van der Waals surface area contributed by atoms with Crippen LogP contribution in [0.3, 0.4) is 0 Å². The van der Waals surface area contributed by atoms with Gasteiger partial charge in [-0.05, 0) is 17.7 Å². The smallest absolute Gasteiger partial charge is 0.387 e. The number of hydrogen-bond acceptors (Lipinski definition) is 4. The first-order valence-electron chi connectivity index (χ1n) is 6.82. The minimum atomic E-state index is -2.84. The van der Waals surface area contributed by atoms with E-state index in [0.29, 0.717) is 12.2 Å². The van der Waals surface area contributed by atoms with Crippen molar-refractivity contribution >= 4 is 22.2 Å². The number of ether oxygens (including phenoxy) is 1. The number of nitrogens with zero attached hydrogens (tertiary/aromatic N) is 2. The zero-order chi connectivity index (χ0) is 16.2. The van der Waals surface area contributed by atoms with E-state index in [1.54, 1.807) is 12.1 Å². The Morgan fingerprint density at radius 2 is 2.13 bits per heavy atom. The van der Waals surface area contributed by atoms with E-state index < -0.39 is 6.61 Å². The van der Waals surface area contributed by atoms with Crippen molar-refractivity contribution in [2.24, 2.45) is 0 Å². The van der Waals surface area contributed by atoms with Crippen molar-refractivity contribution in [3.8, 4) is 5.75 Å². The molecule has 1 aromatic carbocycles. The number of rotatable bonds is 6. The summed E-state index contributed by atoms with van der Waals surface area (Å²) < 4.78 is 30.2. The summed E-state index contributed by atoms with van der Waals surface area (Å²) in [6.07, 6.45) is 3.90. The third-order valence-corrected chi connectivity index (χ3v) is 3.89. The molecule has 0 atom stereocenters. The molecule has 3 rings (SSSR count). The molecule has 2 aromatic heterocycles. The molecule has 120 valence electrons. The Hall–Kier alpha value is -2.48. The van der Waals surface area contributed by atoms with Crippen LogP contribution in [0.2, 0.25) is 0 Å². The van der Waals surface area contributed by atoms with Crippen molar-refractivity contribution in [1.82, 2.24) is 14.7 Å². The van der Waals surface area contributed by atoms with Crippen molar-refractivity contribution in [1.29, 1.82) is 0 Å². The summed E-state index contributed by atoms with van der Waals surface area (Å²) in [6, 6.07) is 6.14. The van der Waals surface area contributed by atoms with Crippen LogP contribution < -0.4 is 10.1 Å². The van der Waals surface area contributed by atoms with Gasteiger partial charge in [-0.3, -0.25) is 9.20 Å². The second-order valence-corrected chi connectivity index (χ2v) is 5.67. The summed E-state index contributed by atoms with van der Waals surface area (Å²) in [5.74, 6) is -0.0585. The molecule has 8 heteroatoms. The van der Waals surface area contributed by atoms with E-state index >= 15 is 0 Å². The molecule has 0 spiro atoms. The number of thiazole rings is 1. The third-order valence-electron chi connectivity index (χ3n) is 3.12. The molecule has 5 nitrogen and oxygen atoms in total. The van der Waals surface area contributed by atoms with E-state index in [-0.39, 0.29) is 18.1 Å². The van der Waals surface area contributed by atoms with Gasteiger partial charge in [0.15, 0.2) is 4.96 Å². The highest BCUT2D eigenvalue weighted by Gasteiger charge is 2.08. The largest absolute Gasteiger partial charge is 0.435 e. The van der Waals surface area contributed by atoms with E-state index in [2.05, 4.69) is 15.0 Å². The second-order valence-electron chi connectivity index (χ2n) is 4.80. The van der Waals surface area contributed by atoms with Gasteiger partial charge in [0.2, 0.25) is 5.91 Å². The van der Waals surface area contributed by atoms with Crippen LogP contribution in [0.15, 0.2) is 42.0 Å². The minimum Gasteiger partial charge on any atom is -0.435 e. The highest BCUT2D eigenvalue weighted by atomic mass is 32.1. The van der Waals surface area contributed by atoms with Crippen LogP contribution in [0.25, 0.3) is 4.96 Å². The second kappa shape index (κ2) is 6.74. The Bertz CT molecular complexity index is 770. The molecule has 0 saturated heterocycles. The predicted molar refractivity (Wildman–Crippen MR) is 81.7 cm³/mol. The average molecular weight is 337 g/mol. The maximum Gasteiger partial charge on any atom is 0.387 e. The van der Waals surface area contributed by atoms with Gasteiger partial charge in [0.05, 0.1) is 12.1 Å². The number of alkyl halides is 2. The topological polar surface area (TPSA) is 55.6 Å². The molecule has 2 heterocycles. The van der Waals surface area contributed by atoms with Crippen LogP contribution in [0.1, 0.15) is 11.3 Å². The summed E-state index contributed by atoms with van der Waals surface area (Å²) in [5.41, 5.74) is 1.50. The Morgan fingerprint density at radius 3 is 2.83 bits per heavy atom. The first-order valence-corrected chi connectivity index (χ1v) is 7.69. The first-order chi connectivity index (χ1) is 11.1. The molecule has 0 bridgehead atoms. The van der Waals surface area contributed by atoms with E-state index in [9.17, 15) is 13.6 Å². The molecule has 0 saturated carbocycles. The highest BCUT2D eigenvalue weighted by Crippen LogP contribution is 2.15. The van der Waals surface area contributed by atoms with Gasteiger partial charge in [0.25, 0.3) is 0 Å². The van der Waals surface area contributed by atoms with Gasteiger partial charge in [-0.25, -0.2) is 4.98 Å². The number of fused-ring (bicyclic) bond motifs is 1. The number of imidazole rings is 1. The van der Waals surface area contributed by atoms with Crippen LogP contribution >= 0.6 is 11.3 Å². The lowest BCUT2D eigenvalue weighted by Gasteiger charge is -2.07. The van der Waals surface area contributed by atoms with Gasteiger partial charge in [0, 0.05) is 24.3 Å². The number of nitrogens with one attached hydrogen (secondary N) is 1. The highest BCUT2D eigenvalue weighted by molar-refractivity contribution is 7.15. The van der Waals surface area contributed by atoms with E-state index in [4.69, 9.17) is 0 Å². The number of benzene rings is 1. The lowest BCUT2D eigenvalue weighted by atomic mass is 10.2. The van der Waals surface area contributed by atoms with Gasteiger partial charge in [-0.2, -0.15) is 8.78 Å². The zero-order valence-electron chi connectivity index (χ0n) is 11.9. The predicted octanol–water partition coefficient (Wildman–Crippen LogP) is 2.86. The van der Waals surface area contributed by atoms with Crippen LogP contribution in [0.4, 0.5) is 8.78 Å². The van der Waals surface area contributed by atoms with Crippen molar-refractivity contribution in [3.05, 3.63) is 53.3 Å². The van der Waals surface area contributed by atoms with Crippen LogP contribution in [0.5, 0.6) is 5.75 Å². The van der Waals surface area contributed by atoms with E-state index in [0.717, 1.165) is 10.5 Å². The van der Waals surface area contributed by atoms with Crippen molar-refractivity contribution < 1.29 is 18.3 Å².